The van der Waals surface area contributed by atoms with Crippen molar-refractivity contribution in [2.24, 2.45) is 11.7 Å². The molecule has 0 spiro atoms. The van der Waals surface area contributed by atoms with Crippen molar-refractivity contribution in [3.05, 3.63) is 35.4 Å². The van der Waals surface area contributed by atoms with Crippen molar-refractivity contribution in [3.8, 4) is 0 Å². The minimum atomic E-state index is -0.175. The molecule has 1 aromatic rings. The predicted molar refractivity (Wildman–Crippen MR) is 62.5 cm³/mol. The largest absolute Gasteiger partial charge is 0.369 e. The Bertz CT molecular complexity index is 333. The van der Waals surface area contributed by atoms with Gasteiger partial charge in [-0.05, 0) is 37.3 Å². The van der Waals surface area contributed by atoms with Gasteiger partial charge in [-0.15, -0.1) is 0 Å². The molecular formula is C13H19NO. The first-order valence-electron chi connectivity index (χ1n) is 5.49. The van der Waals surface area contributed by atoms with Crippen LogP contribution in [0.3, 0.4) is 0 Å². The van der Waals surface area contributed by atoms with Gasteiger partial charge in [0.1, 0.15) is 0 Å². The number of benzene rings is 1. The molecule has 0 saturated carbocycles. The molecular weight excluding hydrogens is 186 g/mol. The predicted octanol–water partition coefficient (Wildman–Crippen LogP) is 2.44. The molecule has 0 aliphatic heterocycles. The Morgan fingerprint density at radius 3 is 2.60 bits per heavy atom. The van der Waals surface area contributed by atoms with Gasteiger partial charge in [0.2, 0.25) is 5.91 Å². The summed E-state index contributed by atoms with van der Waals surface area (Å²) in [6.07, 6.45) is 2.63. The van der Waals surface area contributed by atoms with Crippen LogP contribution in [-0.4, -0.2) is 5.91 Å². The van der Waals surface area contributed by atoms with E-state index in [1.807, 2.05) is 19.1 Å². The zero-order valence-corrected chi connectivity index (χ0v) is 9.49. The van der Waals surface area contributed by atoms with Crippen LogP contribution in [0.15, 0.2) is 24.3 Å². The minimum absolute atomic E-state index is 0.0182. The maximum atomic E-state index is 11.1. The summed E-state index contributed by atoms with van der Waals surface area (Å²) in [7, 11) is 0. The number of amides is 1. The molecule has 0 aromatic heterocycles. The Morgan fingerprint density at radius 2 is 2.07 bits per heavy atom. The van der Waals surface area contributed by atoms with Crippen LogP contribution in [-0.2, 0) is 11.2 Å². The fraction of sp³-hybridized carbons (Fsp3) is 0.462. The van der Waals surface area contributed by atoms with Crippen molar-refractivity contribution in [2.75, 3.05) is 0 Å². The monoisotopic (exact) mass is 205 g/mol. The van der Waals surface area contributed by atoms with Gasteiger partial charge in [0.05, 0.1) is 0 Å². The molecule has 0 aliphatic carbocycles. The number of carbonyl (C=O) groups is 1. The standard InChI is InChI=1S/C13H19NO/c1-3-11(13(14)15)8-9-12-7-5-4-6-10(12)2/h4-7,11H,3,8-9H2,1-2H3,(H2,14,15). The van der Waals surface area contributed by atoms with Gasteiger partial charge in [-0.1, -0.05) is 31.2 Å². The fourth-order valence-corrected chi connectivity index (χ4v) is 1.77. The molecule has 0 aliphatic rings. The van der Waals surface area contributed by atoms with Gasteiger partial charge >= 0.3 is 0 Å². The van der Waals surface area contributed by atoms with Crippen molar-refractivity contribution < 1.29 is 4.79 Å². The lowest BCUT2D eigenvalue weighted by molar-refractivity contribution is -0.122. The summed E-state index contributed by atoms with van der Waals surface area (Å²) in [5.74, 6) is -0.157. The van der Waals surface area contributed by atoms with E-state index in [0.29, 0.717) is 0 Å². The smallest absolute Gasteiger partial charge is 0.220 e. The van der Waals surface area contributed by atoms with E-state index in [4.69, 9.17) is 5.73 Å². The molecule has 1 aromatic carbocycles. The van der Waals surface area contributed by atoms with Crippen molar-refractivity contribution in [2.45, 2.75) is 33.1 Å². The quantitative estimate of drug-likeness (QED) is 0.788. The molecule has 0 heterocycles. The first-order valence-corrected chi connectivity index (χ1v) is 5.49. The summed E-state index contributed by atoms with van der Waals surface area (Å²) in [5.41, 5.74) is 7.92. The molecule has 2 nitrogen and oxygen atoms in total. The van der Waals surface area contributed by atoms with Crippen molar-refractivity contribution in [1.29, 1.82) is 0 Å². The highest BCUT2D eigenvalue weighted by Crippen LogP contribution is 2.15. The van der Waals surface area contributed by atoms with Gasteiger partial charge in [-0.2, -0.15) is 0 Å². The van der Waals surface area contributed by atoms with Gasteiger partial charge < -0.3 is 5.73 Å². The molecule has 2 heteroatoms. The second-order valence-corrected chi connectivity index (χ2v) is 3.97. The molecule has 1 rings (SSSR count). The van der Waals surface area contributed by atoms with Crippen LogP contribution in [0.25, 0.3) is 0 Å². The van der Waals surface area contributed by atoms with E-state index in [9.17, 15) is 4.79 Å². The zero-order chi connectivity index (χ0) is 11.3. The number of hydrogen-bond donors (Lipinski definition) is 1. The molecule has 1 amide bonds. The lowest BCUT2D eigenvalue weighted by Crippen LogP contribution is -2.23. The Balaban J connectivity index is 2.56. The van der Waals surface area contributed by atoms with E-state index < -0.39 is 0 Å². The number of hydrogen-bond acceptors (Lipinski definition) is 1. The van der Waals surface area contributed by atoms with Crippen molar-refractivity contribution >= 4 is 5.91 Å². The van der Waals surface area contributed by atoms with Gasteiger partial charge in [0, 0.05) is 5.92 Å². The third-order valence-corrected chi connectivity index (χ3v) is 2.92. The van der Waals surface area contributed by atoms with E-state index in [1.165, 1.54) is 11.1 Å². The number of primary amides is 1. The summed E-state index contributed by atoms with van der Waals surface area (Å²) >= 11 is 0. The van der Waals surface area contributed by atoms with Crippen LogP contribution in [0.5, 0.6) is 0 Å². The molecule has 1 unspecified atom stereocenters. The van der Waals surface area contributed by atoms with Gasteiger partial charge in [-0.3, -0.25) is 4.79 Å². The lowest BCUT2D eigenvalue weighted by atomic mass is 9.95. The Morgan fingerprint density at radius 1 is 1.40 bits per heavy atom. The van der Waals surface area contributed by atoms with Gasteiger partial charge in [0.25, 0.3) is 0 Å². The number of nitrogens with two attached hydrogens (primary N) is 1. The topological polar surface area (TPSA) is 43.1 Å². The maximum Gasteiger partial charge on any atom is 0.220 e. The van der Waals surface area contributed by atoms with Crippen LogP contribution in [0.4, 0.5) is 0 Å². The normalized spacial score (nSPS) is 12.4. The second-order valence-electron chi connectivity index (χ2n) is 3.97. The van der Waals surface area contributed by atoms with Gasteiger partial charge in [-0.25, -0.2) is 0 Å². The van der Waals surface area contributed by atoms with E-state index in [2.05, 4.69) is 19.1 Å². The molecule has 0 saturated heterocycles. The first-order chi connectivity index (χ1) is 7.15. The van der Waals surface area contributed by atoms with Gasteiger partial charge in [0.15, 0.2) is 0 Å². The highest BCUT2D eigenvalue weighted by molar-refractivity contribution is 5.76. The number of rotatable bonds is 5. The van der Waals surface area contributed by atoms with Crippen LogP contribution >= 0.6 is 0 Å². The third-order valence-electron chi connectivity index (χ3n) is 2.92. The zero-order valence-electron chi connectivity index (χ0n) is 9.49. The Labute approximate surface area is 91.5 Å². The molecule has 2 N–H and O–H groups in total. The SMILES string of the molecule is CCC(CCc1ccccc1C)C(N)=O. The summed E-state index contributed by atoms with van der Waals surface area (Å²) in [6.45, 7) is 4.10. The highest BCUT2D eigenvalue weighted by atomic mass is 16.1. The highest BCUT2D eigenvalue weighted by Gasteiger charge is 2.12. The van der Waals surface area contributed by atoms with Crippen LogP contribution in [0.2, 0.25) is 0 Å². The molecule has 15 heavy (non-hydrogen) atoms. The number of carbonyl (C=O) groups excluding carboxylic acids is 1. The van der Waals surface area contributed by atoms with E-state index in [-0.39, 0.29) is 11.8 Å². The van der Waals surface area contributed by atoms with Crippen LogP contribution in [0, 0.1) is 12.8 Å². The van der Waals surface area contributed by atoms with E-state index in [1.54, 1.807) is 0 Å². The Kier molecular flexibility index (Phi) is 4.35. The summed E-state index contributed by atoms with van der Waals surface area (Å²) in [4.78, 5) is 11.1. The van der Waals surface area contributed by atoms with Crippen LogP contribution < -0.4 is 5.73 Å². The molecule has 82 valence electrons. The fourth-order valence-electron chi connectivity index (χ4n) is 1.77. The average Bonchev–Trinajstić information content (AvgIpc) is 2.21. The molecule has 0 radical (unpaired) electrons. The number of aryl methyl sites for hydroxylation is 2. The van der Waals surface area contributed by atoms with E-state index in [0.717, 1.165) is 19.3 Å². The molecule has 1 atom stereocenters. The third kappa shape index (κ3) is 3.39. The summed E-state index contributed by atoms with van der Waals surface area (Å²) in [6, 6.07) is 8.28. The average molecular weight is 205 g/mol. The first kappa shape index (κ1) is 11.8. The van der Waals surface area contributed by atoms with Crippen LogP contribution in [0.1, 0.15) is 30.9 Å². The van der Waals surface area contributed by atoms with Crippen molar-refractivity contribution in [3.63, 3.8) is 0 Å². The molecule has 0 fully saturated rings. The van der Waals surface area contributed by atoms with Crippen molar-refractivity contribution in [1.82, 2.24) is 0 Å². The Hall–Kier alpha value is -1.31. The van der Waals surface area contributed by atoms with E-state index >= 15 is 0 Å². The molecule has 0 bridgehead atoms. The second kappa shape index (κ2) is 5.54. The summed E-state index contributed by atoms with van der Waals surface area (Å²) < 4.78 is 0. The maximum absolute atomic E-state index is 11.1. The summed E-state index contributed by atoms with van der Waals surface area (Å²) in [5, 5.41) is 0. The lowest BCUT2D eigenvalue weighted by Gasteiger charge is -2.11. The minimum Gasteiger partial charge on any atom is -0.369 e.